The summed E-state index contributed by atoms with van der Waals surface area (Å²) in [4.78, 5) is 9.26. The van der Waals surface area contributed by atoms with Crippen LogP contribution in [0.2, 0.25) is 0 Å². The SMILES string of the molecule is CN1C2CCC1CN(c1ccncc1CN)CC2. The lowest BCUT2D eigenvalue weighted by Crippen LogP contribution is -2.37. The normalized spacial score (nSPS) is 28.4. The van der Waals surface area contributed by atoms with Gasteiger partial charge in [-0.1, -0.05) is 0 Å². The molecule has 2 atom stereocenters. The lowest BCUT2D eigenvalue weighted by Gasteiger charge is -2.29. The highest BCUT2D eigenvalue weighted by molar-refractivity contribution is 5.52. The Morgan fingerprint density at radius 1 is 1.33 bits per heavy atom. The van der Waals surface area contributed by atoms with E-state index >= 15 is 0 Å². The lowest BCUT2D eigenvalue weighted by atomic mass is 10.1. The van der Waals surface area contributed by atoms with Gasteiger partial charge in [-0.2, -0.15) is 0 Å². The van der Waals surface area contributed by atoms with Gasteiger partial charge < -0.3 is 10.6 Å². The second kappa shape index (κ2) is 4.86. The zero-order chi connectivity index (χ0) is 12.5. The van der Waals surface area contributed by atoms with Crippen LogP contribution in [0.1, 0.15) is 24.8 Å². The number of fused-ring (bicyclic) bond motifs is 2. The third kappa shape index (κ3) is 1.99. The summed E-state index contributed by atoms with van der Waals surface area (Å²) in [7, 11) is 2.28. The molecule has 0 aromatic carbocycles. The van der Waals surface area contributed by atoms with Crippen molar-refractivity contribution in [1.29, 1.82) is 0 Å². The molecule has 0 saturated carbocycles. The van der Waals surface area contributed by atoms with Crippen molar-refractivity contribution >= 4 is 5.69 Å². The number of pyridine rings is 1. The number of aromatic nitrogens is 1. The first-order chi connectivity index (χ1) is 8.79. The van der Waals surface area contributed by atoms with Crippen molar-refractivity contribution in [2.75, 3.05) is 25.0 Å². The maximum atomic E-state index is 5.82. The molecule has 98 valence electrons. The molecule has 2 saturated heterocycles. The monoisotopic (exact) mass is 246 g/mol. The van der Waals surface area contributed by atoms with Gasteiger partial charge >= 0.3 is 0 Å². The van der Waals surface area contributed by atoms with Crippen molar-refractivity contribution in [3.63, 3.8) is 0 Å². The summed E-state index contributed by atoms with van der Waals surface area (Å²) in [5.41, 5.74) is 8.27. The summed E-state index contributed by atoms with van der Waals surface area (Å²) in [6, 6.07) is 3.60. The van der Waals surface area contributed by atoms with Crippen LogP contribution in [0.4, 0.5) is 5.69 Å². The minimum Gasteiger partial charge on any atom is -0.370 e. The average molecular weight is 246 g/mol. The van der Waals surface area contributed by atoms with E-state index in [1.165, 1.54) is 24.9 Å². The second-order valence-corrected chi connectivity index (χ2v) is 5.49. The third-order valence-corrected chi connectivity index (χ3v) is 4.59. The van der Waals surface area contributed by atoms with Gasteiger partial charge in [-0.3, -0.25) is 9.88 Å². The van der Waals surface area contributed by atoms with Gasteiger partial charge in [0.15, 0.2) is 0 Å². The van der Waals surface area contributed by atoms with Crippen LogP contribution in [-0.4, -0.2) is 42.1 Å². The Balaban J connectivity index is 1.84. The molecule has 4 nitrogen and oxygen atoms in total. The van der Waals surface area contributed by atoms with E-state index in [0.717, 1.165) is 24.7 Å². The summed E-state index contributed by atoms with van der Waals surface area (Å²) in [5, 5.41) is 0. The van der Waals surface area contributed by atoms with E-state index in [2.05, 4.69) is 27.9 Å². The van der Waals surface area contributed by atoms with Gasteiger partial charge in [-0.25, -0.2) is 0 Å². The fraction of sp³-hybridized carbons (Fsp3) is 0.643. The van der Waals surface area contributed by atoms with Crippen LogP contribution in [-0.2, 0) is 6.54 Å². The largest absolute Gasteiger partial charge is 0.370 e. The van der Waals surface area contributed by atoms with Crippen LogP contribution in [0.3, 0.4) is 0 Å². The quantitative estimate of drug-likeness (QED) is 0.852. The van der Waals surface area contributed by atoms with Gasteiger partial charge in [0.25, 0.3) is 0 Å². The number of nitrogens with two attached hydrogens (primary N) is 1. The van der Waals surface area contributed by atoms with E-state index in [4.69, 9.17) is 5.73 Å². The maximum absolute atomic E-state index is 5.82. The van der Waals surface area contributed by atoms with E-state index < -0.39 is 0 Å². The van der Waals surface area contributed by atoms with Crippen molar-refractivity contribution < 1.29 is 0 Å². The minimum atomic E-state index is 0.573. The van der Waals surface area contributed by atoms with Gasteiger partial charge in [0.1, 0.15) is 0 Å². The molecule has 4 heteroatoms. The predicted molar refractivity (Wildman–Crippen MR) is 73.5 cm³/mol. The minimum absolute atomic E-state index is 0.573. The van der Waals surface area contributed by atoms with Crippen LogP contribution in [0.25, 0.3) is 0 Å². The van der Waals surface area contributed by atoms with Gasteiger partial charge in [-0.15, -0.1) is 0 Å². The molecule has 0 radical (unpaired) electrons. The molecule has 3 rings (SSSR count). The summed E-state index contributed by atoms with van der Waals surface area (Å²) in [6.07, 6.45) is 7.75. The number of likely N-dealkylation sites (N-methyl/N-ethyl adjacent to an activating group) is 1. The first-order valence-corrected chi connectivity index (χ1v) is 6.89. The van der Waals surface area contributed by atoms with Crippen LogP contribution < -0.4 is 10.6 Å². The molecular weight excluding hydrogens is 224 g/mol. The molecule has 2 bridgehead atoms. The Hall–Kier alpha value is -1.13. The lowest BCUT2D eigenvalue weighted by molar-refractivity contribution is 0.254. The molecule has 2 aliphatic heterocycles. The summed E-state index contributed by atoms with van der Waals surface area (Å²) in [6.45, 7) is 2.84. The van der Waals surface area contributed by atoms with Crippen molar-refractivity contribution in [2.45, 2.75) is 37.9 Å². The number of nitrogens with zero attached hydrogens (tertiary/aromatic N) is 3. The van der Waals surface area contributed by atoms with E-state index in [1.807, 2.05) is 12.4 Å². The molecule has 18 heavy (non-hydrogen) atoms. The van der Waals surface area contributed by atoms with Crippen LogP contribution in [0, 0.1) is 0 Å². The number of hydrogen-bond acceptors (Lipinski definition) is 4. The molecule has 3 heterocycles. The molecule has 0 amide bonds. The molecule has 2 aliphatic rings. The molecule has 0 spiro atoms. The van der Waals surface area contributed by atoms with Gasteiger partial charge in [0.05, 0.1) is 0 Å². The van der Waals surface area contributed by atoms with Crippen molar-refractivity contribution in [3.05, 3.63) is 24.0 Å². The Labute approximate surface area is 109 Å². The van der Waals surface area contributed by atoms with Crippen LogP contribution in [0.5, 0.6) is 0 Å². The number of rotatable bonds is 2. The predicted octanol–water partition coefficient (Wildman–Crippen LogP) is 1.21. The van der Waals surface area contributed by atoms with Gasteiger partial charge in [0, 0.05) is 55.4 Å². The number of anilines is 1. The highest BCUT2D eigenvalue weighted by Gasteiger charge is 2.34. The summed E-state index contributed by atoms with van der Waals surface area (Å²) < 4.78 is 0. The van der Waals surface area contributed by atoms with E-state index in [1.54, 1.807) is 0 Å². The Bertz CT molecular complexity index is 420. The third-order valence-electron chi connectivity index (χ3n) is 4.59. The zero-order valence-electron chi connectivity index (χ0n) is 11.0. The Morgan fingerprint density at radius 2 is 2.17 bits per heavy atom. The second-order valence-electron chi connectivity index (χ2n) is 5.49. The fourth-order valence-corrected chi connectivity index (χ4v) is 3.41. The van der Waals surface area contributed by atoms with Crippen molar-refractivity contribution in [1.82, 2.24) is 9.88 Å². The first-order valence-electron chi connectivity index (χ1n) is 6.89. The summed E-state index contributed by atoms with van der Waals surface area (Å²) >= 11 is 0. The van der Waals surface area contributed by atoms with E-state index in [0.29, 0.717) is 12.6 Å². The molecule has 2 unspecified atom stereocenters. The zero-order valence-corrected chi connectivity index (χ0v) is 11.0. The van der Waals surface area contributed by atoms with Crippen LogP contribution >= 0.6 is 0 Å². The molecular formula is C14H22N4. The summed E-state index contributed by atoms with van der Waals surface area (Å²) in [5.74, 6) is 0. The standard InChI is InChI=1S/C14H22N4/c1-17-12-2-3-13(17)10-18(7-5-12)14-4-6-16-9-11(14)8-15/h4,6,9,12-13H,2-3,5,7-8,10,15H2,1H3. The fourth-order valence-electron chi connectivity index (χ4n) is 3.41. The number of hydrogen-bond donors (Lipinski definition) is 1. The van der Waals surface area contributed by atoms with Crippen LogP contribution in [0.15, 0.2) is 18.5 Å². The smallest absolute Gasteiger partial charge is 0.0443 e. The first kappa shape index (κ1) is 11.9. The molecule has 2 N–H and O–H groups in total. The van der Waals surface area contributed by atoms with E-state index in [9.17, 15) is 0 Å². The van der Waals surface area contributed by atoms with E-state index in [-0.39, 0.29) is 0 Å². The van der Waals surface area contributed by atoms with Gasteiger partial charge in [0.2, 0.25) is 0 Å². The highest BCUT2D eigenvalue weighted by Crippen LogP contribution is 2.31. The Morgan fingerprint density at radius 3 is 3.00 bits per heavy atom. The molecule has 0 aliphatic carbocycles. The van der Waals surface area contributed by atoms with Crippen molar-refractivity contribution in [2.24, 2.45) is 5.73 Å². The maximum Gasteiger partial charge on any atom is 0.0443 e. The highest BCUT2D eigenvalue weighted by atomic mass is 15.3. The molecule has 1 aromatic heterocycles. The molecule has 2 fully saturated rings. The van der Waals surface area contributed by atoms with Gasteiger partial charge in [-0.05, 0) is 32.4 Å². The topological polar surface area (TPSA) is 45.4 Å². The Kier molecular flexibility index (Phi) is 3.22. The average Bonchev–Trinajstić information content (AvgIpc) is 2.63. The molecule has 1 aromatic rings. The van der Waals surface area contributed by atoms with Crippen molar-refractivity contribution in [3.8, 4) is 0 Å².